The van der Waals surface area contributed by atoms with Gasteiger partial charge in [-0.3, -0.25) is 4.79 Å². The van der Waals surface area contributed by atoms with E-state index in [1.165, 1.54) is 19.3 Å². The number of hydrogen-bond donors (Lipinski definition) is 1. The number of amides is 1. The van der Waals surface area contributed by atoms with Crippen molar-refractivity contribution in [3.63, 3.8) is 0 Å². The minimum Gasteiger partial charge on any atom is -0.381 e. The number of hydrogen-bond acceptors (Lipinski definition) is 2. The van der Waals surface area contributed by atoms with Crippen LogP contribution in [0.2, 0.25) is 0 Å². The van der Waals surface area contributed by atoms with E-state index in [2.05, 4.69) is 33.0 Å². The quantitative estimate of drug-likeness (QED) is 0.549. The topological polar surface area (TPSA) is 38.3 Å². The summed E-state index contributed by atoms with van der Waals surface area (Å²) >= 11 is 0. The lowest BCUT2D eigenvalue weighted by Crippen LogP contribution is -2.25. The van der Waals surface area contributed by atoms with Crippen molar-refractivity contribution in [2.45, 2.75) is 66.2 Å². The normalized spacial score (nSPS) is 11.3. The van der Waals surface area contributed by atoms with Crippen molar-refractivity contribution in [2.75, 3.05) is 19.8 Å². The molecule has 114 valence electrons. The molecule has 0 aromatic rings. The predicted octanol–water partition coefficient (Wildman–Crippen LogP) is 3.77. The molecule has 0 spiro atoms. The second-order valence-electron chi connectivity index (χ2n) is 6.16. The monoisotopic (exact) mass is 271 g/mol. The maximum Gasteiger partial charge on any atom is 0.220 e. The third kappa shape index (κ3) is 15.4. The molecule has 0 fully saturated rings. The Morgan fingerprint density at radius 2 is 1.58 bits per heavy atom. The number of ether oxygens (including phenoxy) is 1. The zero-order chi connectivity index (χ0) is 14.5. The minimum atomic E-state index is 0.171. The molecule has 0 radical (unpaired) electrons. The lowest BCUT2D eigenvalue weighted by molar-refractivity contribution is -0.121. The summed E-state index contributed by atoms with van der Waals surface area (Å²) < 4.78 is 5.57. The van der Waals surface area contributed by atoms with Crippen molar-refractivity contribution in [1.29, 1.82) is 0 Å². The molecule has 0 aromatic heterocycles. The fourth-order valence-corrected chi connectivity index (χ4v) is 1.86. The molecule has 0 unspecified atom stereocenters. The molecule has 0 saturated heterocycles. The van der Waals surface area contributed by atoms with Crippen molar-refractivity contribution < 1.29 is 9.53 Å². The molecule has 0 bridgehead atoms. The number of unbranched alkanes of at least 4 members (excludes halogenated alkanes) is 2. The van der Waals surface area contributed by atoms with E-state index in [-0.39, 0.29) is 5.91 Å². The fraction of sp³-hybridized carbons (Fsp3) is 0.938. The van der Waals surface area contributed by atoms with Gasteiger partial charge in [0.25, 0.3) is 0 Å². The molecular weight excluding hydrogens is 238 g/mol. The van der Waals surface area contributed by atoms with Crippen LogP contribution in [0.1, 0.15) is 66.2 Å². The van der Waals surface area contributed by atoms with Gasteiger partial charge in [0.1, 0.15) is 0 Å². The number of rotatable bonds is 12. The summed E-state index contributed by atoms with van der Waals surface area (Å²) in [7, 11) is 0. The van der Waals surface area contributed by atoms with Gasteiger partial charge in [0.15, 0.2) is 0 Å². The number of nitrogens with one attached hydrogen (secondary N) is 1. The summed E-state index contributed by atoms with van der Waals surface area (Å²) in [6.45, 7) is 11.1. The van der Waals surface area contributed by atoms with Crippen molar-refractivity contribution in [1.82, 2.24) is 5.32 Å². The first kappa shape index (κ1) is 18.4. The van der Waals surface area contributed by atoms with Crippen LogP contribution in [0, 0.1) is 11.8 Å². The molecule has 1 N–H and O–H groups in total. The number of carbonyl (C=O) groups is 1. The average molecular weight is 271 g/mol. The minimum absolute atomic E-state index is 0.171. The fourth-order valence-electron chi connectivity index (χ4n) is 1.86. The highest BCUT2D eigenvalue weighted by molar-refractivity contribution is 5.75. The summed E-state index contributed by atoms with van der Waals surface area (Å²) in [6, 6.07) is 0. The lowest BCUT2D eigenvalue weighted by Gasteiger charge is -2.08. The first-order chi connectivity index (χ1) is 9.02. The first-order valence-electron chi connectivity index (χ1n) is 7.86. The summed E-state index contributed by atoms with van der Waals surface area (Å²) in [5.41, 5.74) is 0. The summed E-state index contributed by atoms with van der Waals surface area (Å²) in [4.78, 5) is 11.4. The van der Waals surface area contributed by atoms with E-state index >= 15 is 0 Å². The van der Waals surface area contributed by atoms with E-state index in [1.807, 2.05) is 0 Å². The summed E-state index contributed by atoms with van der Waals surface area (Å²) in [5.74, 6) is 1.41. The lowest BCUT2D eigenvalue weighted by atomic mass is 10.1. The Labute approximate surface area is 119 Å². The summed E-state index contributed by atoms with van der Waals surface area (Å²) in [6.07, 6.45) is 6.41. The molecule has 0 atom stereocenters. The van der Waals surface area contributed by atoms with Gasteiger partial charge >= 0.3 is 0 Å². The zero-order valence-corrected chi connectivity index (χ0v) is 13.3. The molecule has 0 aliphatic rings. The Morgan fingerprint density at radius 3 is 2.16 bits per heavy atom. The standard InChI is InChI=1S/C16H33NO2/c1-14(2)9-5-7-11-19-12-8-6-10-17-16(18)13-15(3)4/h14-15H,5-13H2,1-4H3,(H,17,18). The highest BCUT2D eigenvalue weighted by Gasteiger charge is 2.03. The smallest absolute Gasteiger partial charge is 0.220 e. The molecule has 3 heteroatoms. The van der Waals surface area contributed by atoms with Crippen LogP contribution in [-0.2, 0) is 9.53 Å². The van der Waals surface area contributed by atoms with E-state index in [0.29, 0.717) is 12.3 Å². The molecule has 19 heavy (non-hydrogen) atoms. The van der Waals surface area contributed by atoms with Gasteiger partial charge < -0.3 is 10.1 Å². The molecule has 3 nitrogen and oxygen atoms in total. The van der Waals surface area contributed by atoms with Crippen LogP contribution in [0.3, 0.4) is 0 Å². The molecule has 0 aromatic carbocycles. The second-order valence-corrected chi connectivity index (χ2v) is 6.16. The molecule has 0 aliphatic carbocycles. The first-order valence-corrected chi connectivity index (χ1v) is 7.86. The maximum atomic E-state index is 11.4. The molecule has 0 heterocycles. The van der Waals surface area contributed by atoms with Gasteiger partial charge in [-0.1, -0.05) is 40.5 Å². The number of carbonyl (C=O) groups excluding carboxylic acids is 1. The third-order valence-corrected chi connectivity index (χ3v) is 2.95. The summed E-state index contributed by atoms with van der Waals surface area (Å²) in [5, 5.41) is 2.94. The Morgan fingerprint density at radius 1 is 0.947 bits per heavy atom. The van der Waals surface area contributed by atoms with Crippen molar-refractivity contribution in [3.05, 3.63) is 0 Å². The van der Waals surface area contributed by atoms with Gasteiger partial charge in [0.05, 0.1) is 0 Å². The molecule has 1 amide bonds. The van der Waals surface area contributed by atoms with E-state index in [4.69, 9.17) is 4.74 Å². The predicted molar refractivity (Wildman–Crippen MR) is 81.2 cm³/mol. The molecular formula is C16H33NO2. The Hall–Kier alpha value is -0.570. The average Bonchev–Trinajstić information content (AvgIpc) is 2.30. The van der Waals surface area contributed by atoms with Crippen LogP contribution in [0.4, 0.5) is 0 Å². The second kappa shape index (κ2) is 12.5. The van der Waals surface area contributed by atoms with Crippen LogP contribution >= 0.6 is 0 Å². The van der Waals surface area contributed by atoms with Crippen LogP contribution in [0.5, 0.6) is 0 Å². The largest absolute Gasteiger partial charge is 0.381 e. The van der Waals surface area contributed by atoms with Gasteiger partial charge in [0.2, 0.25) is 5.91 Å². The van der Waals surface area contributed by atoms with Crippen molar-refractivity contribution in [2.24, 2.45) is 11.8 Å². The van der Waals surface area contributed by atoms with Gasteiger partial charge in [-0.25, -0.2) is 0 Å². The zero-order valence-electron chi connectivity index (χ0n) is 13.3. The van der Waals surface area contributed by atoms with Crippen LogP contribution in [-0.4, -0.2) is 25.7 Å². The van der Waals surface area contributed by atoms with Crippen LogP contribution in [0.25, 0.3) is 0 Å². The van der Waals surface area contributed by atoms with Crippen LogP contribution in [0.15, 0.2) is 0 Å². The van der Waals surface area contributed by atoms with E-state index < -0.39 is 0 Å². The van der Waals surface area contributed by atoms with E-state index in [9.17, 15) is 4.79 Å². The van der Waals surface area contributed by atoms with E-state index in [1.54, 1.807) is 0 Å². The van der Waals surface area contributed by atoms with Crippen LogP contribution < -0.4 is 5.32 Å². The van der Waals surface area contributed by atoms with Gasteiger partial charge in [-0.05, 0) is 31.1 Å². The van der Waals surface area contributed by atoms with Crippen molar-refractivity contribution in [3.8, 4) is 0 Å². The van der Waals surface area contributed by atoms with Gasteiger partial charge in [-0.15, -0.1) is 0 Å². The SMILES string of the molecule is CC(C)CCCCOCCCCNC(=O)CC(C)C. The van der Waals surface area contributed by atoms with Crippen molar-refractivity contribution >= 4 is 5.91 Å². The maximum absolute atomic E-state index is 11.4. The third-order valence-electron chi connectivity index (χ3n) is 2.95. The Balaban J connectivity index is 3.13. The highest BCUT2D eigenvalue weighted by Crippen LogP contribution is 2.06. The molecule has 0 aliphatic heterocycles. The Bertz CT molecular complexity index is 215. The molecule has 0 saturated carbocycles. The highest BCUT2D eigenvalue weighted by atomic mass is 16.5. The van der Waals surface area contributed by atoms with Gasteiger partial charge in [-0.2, -0.15) is 0 Å². The van der Waals surface area contributed by atoms with E-state index in [0.717, 1.165) is 38.5 Å². The Kier molecular flexibility index (Phi) is 12.1. The molecule has 0 rings (SSSR count). The van der Waals surface area contributed by atoms with Gasteiger partial charge in [0, 0.05) is 26.2 Å².